The molecule has 0 amide bonds. The summed E-state index contributed by atoms with van der Waals surface area (Å²) >= 11 is 1.58. The number of ether oxygens (including phenoxy) is 1. The van der Waals surface area contributed by atoms with Crippen molar-refractivity contribution in [2.75, 3.05) is 12.9 Å². The first-order valence-corrected chi connectivity index (χ1v) is 10.0. The second-order valence-electron chi connectivity index (χ2n) is 6.79. The van der Waals surface area contributed by atoms with Gasteiger partial charge in [-0.3, -0.25) is 19.5 Å². The van der Waals surface area contributed by atoms with Crippen LogP contribution in [-0.2, 0) is 13.1 Å². The number of nitro benzene ring substituents is 1. The Bertz CT molecular complexity index is 1340. The average Bonchev–Trinajstić information content (AvgIpc) is 3.32. The van der Waals surface area contributed by atoms with E-state index in [-0.39, 0.29) is 11.2 Å². The lowest BCUT2D eigenvalue weighted by Crippen LogP contribution is -2.22. The molecule has 0 atom stereocenters. The number of aromatic nitrogens is 3. The van der Waals surface area contributed by atoms with Crippen LogP contribution in [0.25, 0.3) is 21.9 Å². The number of non-ortho nitro benzene ring substituents is 1. The van der Waals surface area contributed by atoms with Crippen LogP contribution in [0.4, 0.5) is 5.69 Å². The van der Waals surface area contributed by atoms with Crippen molar-refractivity contribution in [3.8, 4) is 5.75 Å². The van der Waals surface area contributed by atoms with Crippen molar-refractivity contribution in [2.45, 2.75) is 18.2 Å². The van der Waals surface area contributed by atoms with Crippen LogP contribution in [0.2, 0.25) is 0 Å². The molecule has 0 aliphatic carbocycles. The van der Waals surface area contributed by atoms with Crippen molar-refractivity contribution in [2.24, 2.45) is 0 Å². The monoisotopic (exact) mass is 408 g/mol. The molecule has 8 nitrogen and oxygen atoms in total. The van der Waals surface area contributed by atoms with Gasteiger partial charge in [0.15, 0.2) is 5.16 Å². The largest absolute Gasteiger partial charge is 0.497 e. The van der Waals surface area contributed by atoms with E-state index in [1.807, 2.05) is 22.8 Å². The number of hydrogen-bond acceptors (Lipinski definition) is 6. The van der Waals surface area contributed by atoms with Crippen LogP contribution in [0.15, 0.2) is 52.4 Å². The van der Waals surface area contributed by atoms with Crippen molar-refractivity contribution >= 4 is 39.4 Å². The highest BCUT2D eigenvalue weighted by Gasteiger charge is 2.23. The Morgan fingerprint density at radius 2 is 2.03 bits per heavy atom. The van der Waals surface area contributed by atoms with Crippen LogP contribution < -0.4 is 10.3 Å². The fourth-order valence-corrected chi connectivity index (χ4v) is 4.69. The summed E-state index contributed by atoms with van der Waals surface area (Å²) in [5.74, 6) is 1.53. The van der Waals surface area contributed by atoms with Gasteiger partial charge in [0, 0.05) is 36.4 Å². The Labute approximate surface area is 168 Å². The quantitative estimate of drug-likeness (QED) is 0.292. The second kappa shape index (κ2) is 6.63. The van der Waals surface area contributed by atoms with E-state index in [0.717, 1.165) is 27.4 Å². The molecule has 0 fully saturated rings. The molecule has 3 heterocycles. The lowest BCUT2D eigenvalue weighted by molar-refractivity contribution is -0.384. The highest BCUT2D eigenvalue weighted by molar-refractivity contribution is 7.99. The highest BCUT2D eigenvalue weighted by atomic mass is 32.2. The molecular weight excluding hydrogens is 392 g/mol. The summed E-state index contributed by atoms with van der Waals surface area (Å²) in [6.07, 6.45) is 0. The van der Waals surface area contributed by atoms with Gasteiger partial charge < -0.3 is 9.30 Å². The van der Waals surface area contributed by atoms with Crippen LogP contribution >= 0.6 is 11.8 Å². The normalized spacial score (nSPS) is 13.1. The van der Waals surface area contributed by atoms with Gasteiger partial charge in [-0.1, -0.05) is 23.9 Å². The maximum Gasteiger partial charge on any atom is 0.278 e. The van der Waals surface area contributed by atoms with Gasteiger partial charge in [0.25, 0.3) is 11.2 Å². The standard InChI is InChI=1S/C20H16N4O4S/c1-28-14-6-7-16-15(10-14)17-18(19(25)22-8-9-29-20(22)21-17)23(16)11-12-2-4-13(5-3-12)24(26)27/h2-7,10H,8-9,11H2,1H3. The van der Waals surface area contributed by atoms with Gasteiger partial charge in [-0.2, -0.15) is 0 Å². The van der Waals surface area contributed by atoms with Crippen LogP contribution in [0.3, 0.4) is 0 Å². The summed E-state index contributed by atoms with van der Waals surface area (Å²) in [6, 6.07) is 12.1. The lowest BCUT2D eigenvalue weighted by Gasteiger charge is -2.08. The van der Waals surface area contributed by atoms with Crippen molar-refractivity contribution in [1.82, 2.24) is 14.1 Å². The lowest BCUT2D eigenvalue weighted by atomic mass is 10.2. The average molecular weight is 408 g/mol. The molecule has 0 spiro atoms. The van der Waals surface area contributed by atoms with Crippen molar-refractivity contribution in [3.63, 3.8) is 0 Å². The molecule has 0 N–H and O–H groups in total. The molecular formula is C20H16N4O4S. The molecule has 146 valence electrons. The van der Waals surface area contributed by atoms with E-state index >= 15 is 0 Å². The molecule has 4 aromatic rings. The fourth-order valence-electron chi connectivity index (χ4n) is 3.75. The molecule has 1 aliphatic rings. The van der Waals surface area contributed by atoms with Crippen molar-refractivity contribution < 1.29 is 9.66 Å². The first-order chi connectivity index (χ1) is 14.1. The summed E-state index contributed by atoms with van der Waals surface area (Å²) in [4.78, 5) is 28.6. The molecule has 0 saturated heterocycles. The van der Waals surface area contributed by atoms with Crippen LogP contribution in [0.1, 0.15) is 5.56 Å². The van der Waals surface area contributed by atoms with Gasteiger partial charge in [0.2, 0.25) is 0 Å². The first kappa shape index (κ1) is 17.7. The minimum absolute atomic E-state index is 0.0392. The van der Waals surface area contributed by atoms with Crippen LogP contribution in [-0.4, -0.2) is 31.9 Å². The smallest absolute Gasteiger partial charge is 0.278 e. The molecule has 9 heteroatoms. The molecule has 29 heavy (non-hydrogen) atoms. The minimum atomic E-state index is -0.423. The molecule has 2 aromatic carbocycles. The zero-order valence-corrected chi connectivity index (χ0v) is 16.3. The minimum Gasteiger partial charge on any atom is -0.497 e. The molecule has 0 bridgehead atoms. The summed E-state index contributed by atoms with van der Waals surface area (Å²) in [5, 5.41) is 12.5. The summed E-state index contributed by atoms with van der Waals surface area (Å²) in [7, 11) is 1.60. The Balaban J connectivity index is 1.76. The van der Waals surface area contributed by atoms with E-state index in [1.165, 1.54) is 12.1 Å². The van der Waals surface area contributed by atoms with Gasteiger partial charge in [0.05, 0.1) is 17.5 Å². The van der Waals surface area contributed by atoms with Crippen LogP contribution in [0, 0.1) is 10.1 Å². The number of methoxy groups -OCH3 is 1. The van der Waals surface area contributed by atoms with E-state index in [0.29, 0.717) is 29.9 Å². The van der Waals surface area contributed by atoms with Gasteiger partial charge in [-0.05, 0) is 23.8 Å². The Kier molecular flexibility index (Phi) is 4.06. The van der Waals surface area contributed by atoms with Crippen LogP contribution in [0.5, 0.6) is 5.75 Å². The number of thioether (sulfide) groups is 1. The van der Waals surface area contributed by atoms with E-state index in [9.17, 15) is 14.9 Å². The maximum absolute atomic E-state index is 13.3. The topological polar surface area (TPSA) is 92.2 Å². The van der Waals surface area contributed by atoms with Crippen molar-refractivity contribution in [1.29, 1.82) is 0 Å². The second-order valence-corrected chi connectivity index (χ2v) is 7.85. The van der Waals surface area contributed by atoms with Gasteiger partial charge in [0.1, 0.15) is 16.8 Å². The van der Waals surface area contributed by atoms with E-state index in [2.05, 4.69) is 0 Å². The van der Waals surface area contributed by atoms with E-state index < -0.39 is 4.92 Å². The molecule has 2 aromatic heterocycles. The van der Waals surface area contributed by atoms with E-state index in [1.54, 1.807) is 35.6 Å². The SMILES string of the molecule is COc1ccc2c(c1)c1nc3n(c(=O)c1n2Cc1ccc([N+](=O)[O-])cc1)CCS3. The summed E-state index contributed by atoms with van der Waals surface area (Å²) in [5.41, 5.74) is 2.91. The molecule has 0 radical (unpaired) electrons. The van der Waals surface area contributed by atoms with Gasteiger partial charge in [-0.25, -0.2) is 4.98 Å². The Morgan fingerprint density at radius 3 is 2.76 bits per heavy atom. The third-order valence-electron chi connectivity index (χ3n) is 5.16. The van der Waals surface area contributed by atoms with Gasteiger partial charge >= 0.3 is 0 Å². The molecule has 1 aliphatic heterocycles. The number of rotatable bonds is 4. The molecule has 0 saturated carbocycles. The number of fused-ring (bicyclic) bond motifs is 4. The predicted molar refractivity (Wildman–Crippen MR) is 111 cm³/mol. The fraction of sp³-hybridized carbons (Fsp3) is 0.200. The summed E-state index contributed by atoms with van der Waals surface area (Å²) in [6.45, 7) is 1.05. The van der Waals surface area contributed by atoms with E-state index in [4.69, 9.17) is 9.72 Å². The number of hydrogen-bond donors (Lipinski definition) is 0. The first-order valence-electron chi connectivity index (χ1n) is 9.04. The number of benzene rings is 2. The van der Waals surface area contributed by atoms with Crippen molar-refractivity contribution in [3.05, 3.63) is 68.5 Å². The predicted octanol–water partition coefficient (Wildman–Crippen LogP) is 3.42. The number of nitro groups is 1. The Morgan fingerprint density at radius 1 is 1.24 bits per heavy atom. The third-order valence-corrected chi connectivity index (χ3v) is 6.12. The zero-order valence-electron chi connectivity index (χ0n) is 15.5. The summed E-state index contributed by atoms with van der Waals surface area (Å²) < 4.78 is 9.03. The molecule has 0 unspecified atom stereocenters. The Hall–Kier alpha value is -3.33. The third kappa shape index (κ3) is 2.77. The number of nitrogens with zero attached hydrogens (tertiary/aromatic N) is 4. The van der Waals surface area contributed by atoms with Gasteiger partial charge in [-0.15, -0.1) is 0 Å². The maximum atomic E-state index is 13.3. The zero-order chi connectivity index (χ0) is 20.1. The molecule has 5 rings (SSSR count). The highest BCUT2D eigenvalue weighted by Crippen LogP contribution is 2.32.